The second-order valence-electron chi connectivity index (χ2n) is 5.27. The van der Waals surface area contributed by atoms with Gasteiger partial charge in [0.2, 0.25) is 0 Å². The smallest absolute Gasteiger partial charge is 0.270 e. The molecule has 1 unspecified atom stereocenters. The van der Waals surface area contributed by atoms with E-state index in [2.05, 4.69) is 9.97 Å². The van der Waals surface area contributed by atoms with Gasteiger partial charge in [0.1, 0.15) is 17.0 Å². The van der Waals surface area contributed by atoms with Crippen LogP contribution in [0.1, 0.15) is 50.7 Å². The minimum Gasteiger partial charge on any atom is -0.385 e. The molecule has 22 heavy (non-hydrogen) atoms. The van der Waals surface area contributed by atoms with Crippen LogP contribution in [-0.2, 0) is 0 Å². The standard InChI is InChI=1S/C15H19N3O3S/c1-4-12(19)14-16-13(9(2)3)15(17-14)22-11-7-5-6-10(8-11)18(20)21/h5-9,12,19H,4H2,1-3H3,(H,16,17). The fourth-order valence-electron chi connectivity index (χ4n) is 1.99. The van der Waals surface area contributed by atoms with Crippen molar-refractivity contribution in [2.45, 2.75) is 49.1 Å². The van der Waals surface area contributed by atoms with Crippen LogP contribution in [0.15, 0.2) is 34.2 Å². The number of aliphatic hydroxyl groups is 1. The number of hydrogen-bond acceptors (Lipinski definition) is 5. The molecule has 0 saturated carbocycles. The number of non-ortho nitro benzene ring substituents is 1. The number of hydrogen-bond donors (Lipinski definition) is 2. The molecule has 2 N–H and O–H groups in total. The Labute approximate surface area is 133 Å². The third kappa shape index (κ3) is 3.66. The molecule has 0 saturated heterocycles. The van der Waals surface area contributed by atoms with Crippen molar-refractivity contribution in [3.63, 3.8) is 0 Å². The van der Waals surface area contributed by atoms with Gasteiger partial charge in [-0.15, -0.1) is 0 Å². The fraction of sp³-hybridized carbons (Fsp3) is 0.400. The largest absolute Gasteiger partial charge is 0.385 e. The zero-order valence-corrected chi connectivity index (χ0v) is 13.6. The average Bonchev–Trinajstić information content (AvgIpc) is 2.90. The van der Waals surface area contributed by atoms with E-state index in [1.54, 1.807) is 6.07 Å². The molecule has 0 fully saturated rings. The van der Waals surface area contributed by atoms with E-state index in [0.717, 1.165) is 15.6 Å². The summed E-state index contributed by atoms with van der Waals surface area (Å²) in [6.07, 6.45) is -0.0525. The monoisotopic (exact) mass is 321 g/mol. The molecule has 0 aliphatic carbocycles. The van der Waals surface area contributed by atoms with Crippen molar-refractivity contribution in [3.05, 3.63) is 45.9 Å². The number of aromatic nitrogens is 2. The molecule has 0 spiro atoms. The minimum atomic E-state index is -0.628. The maximum absolute atomic E-state index is 10.9. The molecule has 1 atom stereocenters. The maximum Gasteiger partial charge on any atom is 0.270 e. The van der Waals surface area contributed by atoms with Gasteiger partial charge in [-0.2, -0.15) is 0 Å². The van der Waals surface area contributed by atoms with Gasteiger partial charge in [-0.3, -0.25) is 10.1 Å². The summed E-state index contributed by atoms with van der Waals surface area (Å²) in [5.41, 5.74) is 0.920. The molecular formula is C15H19N3O3S. The van der Waals surface area contributed by atoms with Crippen molar-refractivity contribution in [1.29, 1.82) is 0 Å². The first kappa shape index (κ1) is 16.5. The van der Waals surface area contributed by atoms with Gasteiger partial charge in [0.05, 0.1) is 10.6 Å². The highest BCUT2D eigenvalue weighted by Gasteiger charge is 2.18. The van der Waals surface area contributed by atoms with Crippen molar-refractivity contribution in [2.75, 3.05) is 0 Å². The number of nitro benzene ring substituents is 1. The number of nitrogens with one attached hydrogen (secondary N) is 1. The molecule has 2 aromatic rings. The van der Waals surface area contributed by atoms with Crippen LogP contribution in [0.4, 0.5) is 5.69 Å². The van der Waals surface area contributed by atoms with E-state index in [4.69, 9.17) is 0 Å². The lowest BCUT2D eigenvalue weighted by Crippen LogP contribution is -1.98. The first-order chi connectivity index (χ1) is 10.4. The van der Waals surface area contributed by atoms with Gasteiger partial charge in [-0.1, -0.05) is 38.6 Å². The van der Waals surface area contributed by atoms with E-state index >= 15 is 0 Å². The molecule has 1 aromatic heterocycles. The summed E-state index contributed by atoms with van der Waals surface area (Å²) in [4.78, 5) is 18.8. The van der Waals surface area contributed by atoms with Crippen molar-refractivity contribution in [3.8, 4) is 0 Å². The Morgan fingerprint density at radius 2 is 2.18 bits per heavy atom. The highest BCUT2D eigenvalue weighted by molar-refractivity contribution is 7.99. The van der Waals surface area contributed by atoms with E-state index in [1.807, 2.05) is 26.8 Å². The van der Waals surface area contributed by atoms with Crippen LogP contribution in [0.3, 0.4) is 0 Å². The Balaban J connectivity index is 2.34. The Bertz CT molecular complexity index is 670. The molecule has 0 aliphatic rings. The van der Waals surface area contributed by atoms with Gasteiger partial charge in [0, 0.05) is 17.0 Å². The number of H-pyrrole nitrogens is 1. The van der Waals surface area contributed by atoms with Crippen molar-refractivity contribution in [1.82, 2.24) is 9.97 Å². The lowest BCUT2D eigenvalue weighted by molar-refractivity contribution is -0.385. The first-order valence-electron chi connectivity index (χ1n) is 7.12. The predicted octanol–water partition coefficient (Wildman–Crippen LogP) is 4.04. The van der Waals surface area contributed by atoms with Gasteiger partial charge in [0.25, 0.3) is 5.69 Å². The number of aliphatic hydroxyl groups excluding tert-OH is 1. The van der Waals surface area contributed by atoms with Gasteiger partial charge in [0.15, 0.2) is 0 Å². The summed E-state index contributed by atoms with van der Waals surface area (Å²) >= 11 is 1.39. The molecule has 118 valence electrons. The number of benzene rings is 1. The fourth-order valence-corrected chi connectivity index (χ4v) is 3.09. The third-order valence-corrected chi connectivity index (χ3v) is 4.22. The lowest BCUT2D eigenvalue weighted by atomic mass is 10.1. The molecule has 1 heterocycles. The van der Waals surface area contributed by atoms with E-state index in [-0.39, 0.29) is 11.6 Å². The van der Waals surface area contributed by atoms with Crippen LogP contribution in [-0.4, -0.2) is 20.0 Å². The second kappa shape index (κ2) is 6.93. The van der Waals surface area contributed by atoms with Crippen molar-refractivity contribution < 1.29 is 10.0 Å². The van der Waals surface area contributed by atoms with Crippen LogP contribution in [0.2, 0.25) is 0 Å². The maximum atomic E-state index is 10.9. The summed E-state index contributed by atoms with van der Waals surface area (Å²) in [6, 6.07) is 6.48. The van der Waals surface area contributed by atoms with Gasteiger partial charge < -0.3 is 10.1 Å². The summed E-state index contributed by atoms with van der Waals surface area (Å²) < 4.78 is 0. The van der Waals surface area contributed by atoms with Crippen LogP contribution in [0, 0.1) is 10.1 Å². The van der Waals surface area contributed by atoms with Crippen molar-refractivity contribution in [2.24, 2.45) is 0 Å². The predicted molar refractivity (Wildman–Crippen MR) is 85.1 cm³/mol. The Morgan fingerprint density at radius 3 is 2.77 bits per heavy atom. The highest BCUT2D eigenvalue weighted by Crippen LogP contribution is 2.34. The molecule has 7 heteroatoms. The number of imidazole rings is 1. The SMILES string of the molecule is CCC(O)c1nc(C(C)C)c(Sc2cccc([N+](=O)[O-])c2)[nH]1. The third-order valence-electron chi connectivity index (χ3n) is 3.21. The average molecular weight is 321 g/mol. The quantitative estimate of drug-likeness (QED) is 0.619. The normalized spacial score (nSPS) is 12.6. The summed E-state index contributed by atoms with van der Waals surface area (Å²) in [7, 11) is 0. The molecule has 0 bridgehead atoms. The number of aromatic amines is 1. The molecule has 2 rings (SSSR count). The summed E-state index contributed by atoms with van der Waals surface area (Å²) in [6.45, 7) is 5.93. The van der Waals surface area contributed by atoms with Gasteiger partial charge >= 0.3 is 0 Å². The van der Waals surface area contributed by atoms with Gasteiger partial charge in [-0.05, 0) is 18.4 Å². The lowest BCUT2D eigenvalue weighted by Gasteiger charge is -2.05. The summed E-state index contributed by atoms with van der Waals surface area (Å²) in [5.74, 6) is 0.731. The van der Waals surface area contributed by atoms with E-state index in [0.29, 0.717) is 12.2 Å². The number of nitrogens with zero attached hydrogens (tertiary/aromatic N) is 2. The van der Waals surface area contributed by atoms with Crippen LogP contribution < -0.4 is 0 Å². The molecule has 0 radical (unpaired) electrons. The number of rotatable bonds is 6. The minimum absolute atomic E-state index is 0.0597. The van der Waals surface area contributed by atoms with Crippen LogP contribution in [0.25, 0.3) is 0 Å². The number of nitro groups is 1. The molecule has 1 aromatic carbocycles. The Hall–Kier alpha value is -1.86. The summed E-state index contributed by atoms with van der Waals surface area (Å²) in [5, 5.41) is 21.6. The van der Waals surface area contributed by atoms with Crippen LogP contribution >= 0.6 is 11.8 Å². The Morgan fingerprint density at radius 1 is 1.45 bits per heavy atom. The zero-order valence-electron chi connectivity index (χ0n) is 12.7. The second-order valence-corrected chi connectivity index (χ2v) is 6.36. The van der Waals surface area contributed by atoms with Crippen LogP contribution in [0.5, 0.6) is 0 Å². The Kier molecular flexibility index (Phi) is 5.20. The van der Waals surface area contributed by atoms with Gasteiger partial charge in [-0.25, -0.2) is 4.98 Å². The van der Waals surface area contributed by atoms with E-state index < -0.39 is 11.0 Å². The molecule has 0 amide bonds. The molecule has 0 aliphatic heterocycles. The highest BCUT2D eigenvalue weighted by atomic mass is 32.2. The molecular weight excluding hydrogens is 302 g/mol. The zero-order chi connectivity index (χ0) is 16.3. The van der Waals surface area contributed by atoms with Crippen molar-refractivity contribution >= 4 is 17.4 Å². The van der Waals surface area contributed by atoms with E-state index in [1.165, 1.54) is 23.9 Å². The first-order valence-corrected chi connectivity index (χ1v) is 7.94. The van der Waals surface area contributed by atoms with E-state index in [9.17, 15) is 15.2 Å². The topological polar surface area (TPSA) is 92.1 Å². The molecule has 6 nitrogen and oxygen atoms in total.